The van der Waals surface area contributed by atoms with E-state index < -0.39 is 5.91 Å². The van der Waals surface area contributed by atoms with Crippen LogP contribution in [0.5, 0.6) is 0 Å². The molecule has 1 amide bonds. The zero-order valence-corrected chi connectivity index (χ0v) is 10.5. The molecule has 0 atom stereocenters. The number of benzene rings is 1. The molecule has 0 aliphatic carbocycles. The van der Waals surface area contributed by atoms with Gasteiger partial charge in [-0.3, -0.25) is 10.1 Å². The summed E-state index contributed by atoms with van der Waals surface area (Å²) in [6.07, 6.45) is 0. The summed E-state index contributed by atoms with van der Waals surface area (Å²) < 4.78 is 11.5. The van der Waals surface area contributed by atoms with Gasteiger partial charge in [0, 0.05) is 23.4 Å². The van der Waals surface area contributed by atoms with Gasteiger partial charge in [-0.05, 0) is 40.8 Å². The lowest BCUT2D eigenvalue weighted by molar-refractivity contribution is -0.225. The van der Waals surface area contributed by atoms with Crippen LogP contribution in [0.15, 0.2) is 18.2 Å². The molecular formula is C10H10INO3. The van der Waals surface area contributed by atoms with E-state index in [1.165, 1.54) is 14.2 Å². The Morgan fingerprint density at radius 1 is 1.33 bits per heavy atom. The lowest BCUT2D eigenvalue weighted by atomic mass is 10.1. The molecule has 0 radical (unpaired) electrons. The highest BCUT2D eigenvalue weighted by Crippen LogP contribution is 2.33. The van der Waals surface area contributed by atoms with Crippen molar-refractivity contribution in [3.05, 3.63) is 32.9 Å². The molecule has 1 N–H and O–H groups in total. The van der Waals surface area contributed by atoms with Gasteiger partial charge in [0.1, 0.15) is 0 Å². The molecule has 1 aromatic carbocycles. The molecule has 15 heavy (non-hydrogen) atoms. The predicted molar refractivity (Wildman–Crippen MR) is 62.3 cm³/mol. The van der Waals surface area contributed by atoms with Gasteiger partial charge in [0.05, 0.1) is 5.56 Å². The van der Waals surface area contributed by atoms with Crippen molar-refractivity contribution in [2.75, 3.05) is 14.2 Å². The van der Waals surface area contributed by atoms with E-state index in [-0.39, 0.29) is 5.91 Å². The van der Waals surface area contributed by atoms with Gasteiger partial charge in [-0.1, -0.05) is 0 Å². The summed E-state index contributed by atoms with van der Waals surface area (Å²) >= 11 is 2.16. The number of hydrogen-bond acceptors (Lipinski definition) is 3. The average molecular weight is 319 g/mol. The van der Waals surface area contributed by atoms with E-state index in [2.05, 4.69) is 27.9 Å². The molecule has 0 spiro atoms. The first-order chi connectivity index (χ1) is 7.13. The summed E-state index contributed by atoms with van der Waals surface area (Å²) in [4.78, 5) is 11.7. The van der Waals surface area contributed by atoms with Gasteiger partial charge in [0.15, 0.2) is 0 Å². The number of carbonyl (C=O) groups excluding carboxylic acids is 1. The van der Waals surface area contributed by atoms with Crippen molar-refractivity contribution in [2.45, 2.75) is 5.91 Å². The van der Waals surface area contributed by atoms with Crippen molar-refractivity contribution in [3.63, 3.8) is 0 Å². The Morgan fingerprint density at radius 2 is 2.00 bits per heavy atom. The molecule has 1 heterocycles. The van der Waals surface area contributed by atoms with Crippen LogP contribution in [0.3, 0.4) is 0 Å². The van der Waals surface area contributed by atoms with E-state index in [9.17, 15) is 4.79 Å². The third-order valence-corrected chi connectivity index (χ3v) is 3.10. The molecule has 0 unspecified atom stereocenters. The van der Waals surface area contributed by atoms with Gasteiger partial charge in [-0.2, -0.15) is 0 Å². The second-order valence-electron chi connectivity index (χ2n) is 3.17. The van der Waals surface area contributed by atoms with Crippen LogP contribution in [0.1, 0.15) is 15.9 Å². The molecule has 80 valence electrons. The van der Waals surface area contributed by atoms with Gasteiger partial charge in [-0.25, -0.2) is 0 Å². The number of ether oxygens (including phenoxy) is 2. The third-order valence-electron chi connectivity index (χ3n) is 2.43. The lowest BCUT2D eigenvalue weighted by Crippen LogP contribution is -2.42. The van der Waals surface area contributed by atoms with Crippen LogP contribution in [-0.2, 0) is 15.4 Å². The quantitative estimate of drug-likeness (QED) is 0.663. The Kier molecular flexibility index (Phi) is 2.70. The van der Waals surface area contributed by atoms with E-state index in [0.29, 0.717) is 5.56 Å². The first kappa shape index (κ1) is 10.8. The minimum atomic E-state index is -1.13. The molecule has 0 saturated heterocycles. The van der Waals surface area contributed by atoms with Crippen LogP contribution in [0.25, 0.3) is 0 Å². The minimum absolute atomic E-state index is 0.174. The molecule has 2 rings (SSSR count). The third kappa shape index (κ3) is 1.54. The molecule has 0 fully saturated rings. The van der Waals surface area contributed by atoms with Gasteiger partial charge in [0.25, 0.3) is 11.8 Å². The lowest BCUT2D eigenvalue weighted by Gasteiger charge is -2.26. The van der Waals surface area contributed by atoms with Crippen LogP contribution in [0.4, 0.5) is 0 Å². The Bertz CT molecular complexity index is 415. The van der Waals surface area contributed by atoms with E-state index in [4.69, 9.17) is 9.47 Å². The van der Waals surface area contributed by atoms with Gasteiger partial charge in [-0.15, -0.1) is 0 Å². The fourth-order valence-electron chi connectivity index (χ4n) is 1.68. The van der Waals surface area contributed by atoms with Crippen molar-refractivity contribution in [1.29, 1.82) is 0 Å². The monoisotopic (exact) mass is 319 g/mol. The molecule has 1 aliphatic rings. The molecule has 0 bridgehead atoms. The Morgan fingerprint density at radius 3 is 2.60 bits per heavy atom. The molecule has 4 nitrogen and oxygen atoms in total. The number of hydrogen-bond donors (Lipinski definition) is 1. The first-order valence-electron chi connectivity index (χ1n) is 4.36. The largest absolute Gasteiger partial charge is 0.332 e. The van der Waals surface area contributed by atoms with Crippen molar-refractivity contribution in [3.8, 4) is 0 Å². The molecule has 5 heteroatoms. The fourth-order valence-corrected chi connectivity index (χ4v) is 2.17. The molecular weight excluding hydrogens is 309 g/mol. The SMILES string of the molecule is COC1(OC)NC(=O)c2cc(I)ccc21. The molecule has 0 aromatic heterocycles. The predicted octanol–water partition coefficient (Wildman–Crippen LogP) is 1.44. The van der Waals surface area contributed by atoms with Crippen LogP contribution < -0.4 is 5.32 Å². The topological polar surface area (TPSA) is 47.6 Å². The second-order valence-corrected chi connectivity index (χ2v) is 4.41. The highest BCUT2D eigenvalue weighted by atomic mass is 127. The van der Waals surface area contributed by atoms with Crippen molar-refractivity contribution >= 4 is 28.5 Å². The number of amides is 1. The normalized spacial score (nSPS) is 17.4. The zero-order chi connectivity index (χ0) is 11.1. The Labute approximate surface area is 101 Å². The molecule has 1 aromatic rings. The summed E-state index contributed by atoms with van der Waals surface area (Å²) in [5, 5.41) is 2.67. The van der Waals surface area contributed by atoms with Gasteiger partial charge < -0.3 is 9.47 Å². The second kappa shape index (κ2) is 3.73. The molecule has 0 saturated carbocycles. The highest BCUT2D eigenvalue weighted by Gasteiger charge is 2.43. The number of halogens is 1. The Hall–Kier alpha value is -0.660. The summed E-state index contributed by atoms with van der Waals surface area (Å²) in [5.41, 5.74) is 1.32. The number of fused-ring (bicyclic) bond motifs is 1. The van der Waals surface area contributed by atoms with Crippen molar-refractivity contribution < 1.29 is 14.3 Å². The average Bonchev–Trinajstić information content (AvgIpc) is 2.52. The Balaban J connectivity index is 2.60. The number of nitrogens with one attached hydrogen (secondary N) is 1. The maximum absolute atomic E-state index is 11.7. The smallest absolute Gasteiger partial charge is 0.280 e. The van der Waals surface area contributed by atoms with E-state index in [1.54, 1.807) is 0 Å². The maximum atomic E-state index is 11.7. The van der Waals surface area contributed by atoms with E-state index in [1.807, 2.05) is 18.2 Å². The first-order valence-corrected chi connectivity index (χ1v) is 5.43. The summed E-state index contributed by atoms with van der Waals surface area (Å²) in [6.45, 7) is 0. The number of methoxy groups -OCH3 is 2. The number of carbonyl (C=O) groups is 1. The van der Waals surface area contributed by atoms with Crippen LogP contribution >= 0.6 is 22.6 Å². The standard InChI is InChI=1S/C10H10INO3/c1-14-10(15-2)8-4-3-6(11)5-7(8)9(13)12-10/h3-5H,1-2H3,(H,12,13). The minimum Gasteiger partial charge on any atom is -0.332 e. The zero-order valence-electron chi connectivity index (χ0n) is 8.33. The highest BCUT2D eigenvalue weighted by molar-refractivity contribution is 14.1. The van der Waals surface area contributed by atoms with Crippen LogP contribution in [-0.4, -0.2) is 20.1 Å². The van der Waals surface area contributed by atoms with Gasteiger partial charge in [0.2, 0.25) is 0 Å². The van der Waals surface area contributed by atoms with E-state index >= 15 is 0 Å². The van der Waals surface area contributed by atoms with Crippen LogP contribution in [0.2, 0.25) is 0 Å². The maximum Gasteiger partial charge on any atom is 0.280 e. The van der Waals surface area contributed by atoms with Crippen LogP contribution in [0, 0.1) is 3.57 Å². The fraction of sp³-hybridized carbons (Fsp3) is 0.300. The molecule has 1 aliphatic heterocycles. The summed E-state index contributed by atoms with van der Waals surface area (Å²) in [5.74, 6) is -1.30. The van der Waals surface area contributed by atoms with Gasteiger partial charge >= 0.3 is 0 Å². The summed E-state index contributed by atoms with van der Waals surface area (Å²) in [6, 6.07) is 5.56. The summed E-state index contributed by atoms with van der Waals surface area (Å²) in [7, 11) is 2.99. The van der Waals surface area contributed by atoms with Crippen molar-refractivity contribution in [2.24, 2.45) is 0 Å². The van der Waals surface area contributed by atoms with Crippen molar-refractivity contribution in [1.82, 2.24) is 5.32 Å². The number of rotatable bonds is 2. The van der Waals surface area contributed by atoms with E-state index in [0.717, 1.165) is 9.13 Å².